The maximum Gasteiger partial charge on any atom is 0.108 e. The molecule has 90 valence electrons. The highest BCUT2D eigenvalue weighted by Gasteiger charge is 2.18. The van der Waals surface area contributed by atoms with E-state index in [2.05, 4.69) is 4.98 Å². The number of rotatable bonds is 5. The van der Waals surface area contributed by atoms with Crippen molar-refractivity contribution in [2.45, 2.75) is 51.0 Å². The molecular formula is C13H22N2O. The lowest BCUT2D eigenvalue weighted by Crippen LogP contribution is -2.13. The fraction of sp³-hybridized carbons (Fsp3) is 0.769. The first-order valence-corrected chi connectivity index (χ1v) is 6.40. The molecule has 0 saturated heterocycles. The van der Waals surface area contributed by atoms with Gasteiger partial charge in [-0.05, 0) is 18.8 Å². The van der Waals surface area contributed by atoms with Gasteiger partial charge in [0, 0.05) is 25.9 Å². The van der Waals surface area contributed by atoms with Crippen LogP contribution in [0.4, 0.5) is 0 Å². The minimum atomic E-state index is -0.139. The van der Waals surface area contributed by atoms with Crippen molar-refractivity contribution < 1.29 is 5.11 Å². The molecule has 1 aromatic rings. The monoisotopic (exact) mass is 222 g/mol. The third-order valence-corrected chi connectivity index (χ3v) is 3.70. The zero-order valence-corrected chi connectivity index (χ0v) is 10.1. The summed E-state index contributed by atoms with van der Waals surface area (Å²) < 4.78 is 2.03. The Hall–Kier alpha value is -0.830. The minimum absolute atomic E-state index is 0.139. The molecular weight excluding hydrogens is 200 g/mol. The van der Waals surface area contributed by atoms with Crippen molar-refractivity contribution in [2.75, 3.05) is 0 Å². The number of aliphatic hydroxyl groups excluding tert-OH is 1. The Bertz CT molecular complexity index is 315. The average Bonchev–Trinajstić information content (AvgIpc) is 2.87. The van der Waals surface area contributed by atoms with Crippen molar-refractivity contribution in [1.29, 1.82) is 0 Å². The van der Waals surface area contributed by atoms with Gasteiger partial charge in [-0.15, -0.1) is 0 Å². The van der Waals surface area contributed by atoms with Crippen molar-refractivity contribution in [2.24, 2.45) is 13.0 Å². The molecule has 0 radical (unpaired) electrons. The highest BCUT2D eigenvalue weighted by Crippen LogP contribution is 2.29. The van der Waals surface area contributed by atoms with Crippen molar-refractivity contribution >= 4 is 0 Å². The van der Waals surface area contributed by atoms with E-state index in [1.807, 2.05) is 24.0 Å². The summed E-state index contributed by atoms with van der Waals surface area (Å²) in [7, 11) is 2.01. The molecule has 0 bridgehead atoms. The molecule has 1 fully saturated rings. The predicted molar refractivity (Wildman–Crippen MR) is 64.1 cm³/mol. The Morgan fingerprint density at radius 2 is 2.25 bits per heavy atom. The van der Waals surface area contributed by atoms with Crippen LogP contribution in [0.3, 0.4) is 0 Å². The van der Waals surface area contributed by atoms with E-state index in [1.54, 1.807) is 0 Å². The van der Waals surface area contributed by atoms with Crippen LogP contribution < -0.4 is 0 Å². The summed E-state index contributed by atoms with van der Waals surface area (Å²) in [5.41, 5.74) is 0. The Balaban J connectivity index is 1.71. The summed E-state index contributed by atoms with van der Waals surface area (Å²) in [4.78, 5) is 4.27. The van der Waals surface area contributed by atoms with E-state index < -0.39 is 0 Å². The number of imidazole rings is 1. The van der Waals surface area contributed by atoms with Crippen LogP contribution in [0.25, 0.3) is 0 Å². The lowest BCUT2D eigenvalue weighted by Gasteiger charge is -2.14. The molecule has 16 heavy (non-hydrogen) atoms. The fourth-order valence-corrected chi connectivity index (χ4v) is 2.68. The number of aliphatic hydroxyl groups is 1. The molecule has 0 aromatic carbocycles. The number of aryl methyl sites for hydroxylation is 2. The third-order valence-electron chi connectivity index (χ3n) is 3.70. The van der Waals surface area contributed by atoms with Crippen molar-refractivity contribution in [3.05, 3.63) is 18.2 Å². The average molecular weight is 222 g/mol. The number of nitrogens with zero attached hydrogens (tertiary/aromatic N) is 2. The molecule has 1 unspecified atom stereocenters. The van der Waals surface area contributed by atoms with Crippen molar-refractivity contribution in [1.82, 2.24) is 9.55 Å². The second-order valence-corrected chi connectivity index (χ2v) is 5.03. The first kappa shape index (κ1) is 11.6. The van der Waals surface area contributed by atoms with Crippen LogP contribution in [0, 0.1) is 5.92 Å². The van der Waals surface area contributed by atoms with E-state index in [0.29, 0.717) is 0 Å². The minimum Gasteiger partial charge on any atom is -0.393 e. The standard InChI is InChI=1S/C13H22N2O/c1-15-9-8-14-13(15)7-6-12(16)10-11-4-2-3-5-11/h8-9,11-12,16H,2-7,10H2,1H3. The molecule has 1 saturated carbocycles. The third kappa shape index (κ3) is 3.08. The zero-order chi connectivity index (χ0) is 11.4. The normalized spacial score (nSPS) is 19.1. The van der Waals surface area contributed by atoms with Gasteiger partial charge in [0.05, 0.1) is 6.10 Å². The molecule has 0 amide bonds. The summed E-state index contributed by atoms with van der Waals surface area (Å²) in [5, 5.41) is 9.96. The molecule has 1 atom stereocenters. The summed E-state index contributed by atoms with van der Waals surface area (Å²) >= 11 is 0. The second kappa shape index (κ2) is 5.48. The largest absolute Gasteiger partial charge is 0.393 e. The van der Waals surface area contributed by atoms with Gasteiger partial charge in [-0.25, -0.2) is 4.98 Å². The summed E-state index contributed by atoms with van der Waals surface area (Å²) in [6.07, 6.45) is 11.7. The van der Waals surface area contributed by atoms with E-state index in [1.165, 1.54) is 25.7 Å². The summed E-state index contributed by atoms with van der Waals surface area (Å²) in [5.74, 6) is 1.85. The lowest BCUT2D eigenvalue weighted by atomic mass is 9.97. The molecule has 1 N–H and O–H groups in total. The van der Waals surface area contributed by atoms with Gasteiger partial charge in [0.2, 0.25) is 0 Å². The number of aromatic nitrogens is 2. The van der Waals surface area contributed by atoms with Crippen LogP contribution in [-0.4, -0.2) is 20.8 Å². The van der Waals surface area contributed by atoms with Gasteiger partial charge in [0.1, 0.15) is 5.82 Å². The van der Waals surface area contributed by atoms with E-state index in [0.717, 1.165) is 31.0 Å². The molecule has 3 nitrogen and oxygen atoms in total. The Morgan fingerprint density at radius 3 is 2.88 bits per heavy atom. The smallest absolute Gasteiger partial charge is 0.108 e. The SMILES string of the molecule is Cn1ccnc1CCC(O)CC1CCCC1. The van der Waals surface area contributed by atoms with Crippen LogP contribution >= 0.6 is 0 Å². The van der Waals surface area contributed by atoms with Crippen LogP contribution in [0.1, 0.15) is 44.3 Å². The van der Waals surface area contributed by atoms with E-state index in [4.69, 9.17) is 0 Å². The molecule has 1 aliphatic carbocycles. The van der Waals surface area contributed by atoms with Gasteiger partial charge in [0.15, 0.2) is 0 Å². The van der Waals surface area contributed by atoms with E-state index in [9.17, 15) is 5.11 Å². The quantitative estimate of drug-likeness (QED) is 0.830. The second-order valence-electron chi connectivity index (χ2n) is 5.03. The van der Waals surface area contributed by atoms with Gasteiger partial charge in [-0.3, -0.25) is 0 Å². The maximum absolute atomic E-state index is 9.96. The summed E-state index contributed by atoms with van der Waals surface area (Å²) in [6, 6.07) is 0. The first-order chi connectivity index (χ1) is 7.75. The van der Waals surface area contributed by atoms with Gasteiger partial charge in [-0.2, -0.15) is 0 Å². The van der Waals surface area contributed by atoms with Crippen LogP contribution in [0.2, 0.25) is 0 Å². The van der Waals surface area contributed by atoms with Crippen LogP contribution in [0.5, 0.6) is 0 Å². The highest BCUT2D eigenvalue weighted by molar-refractivity contribution is 4.91. The topological polar surface area (TPSA) is 38.0 Å². The Morgan fingerprint density at radius 1 is 1.50 bits per heavy atom. The molecule has 2 rings (SSSR count). The number of hydrogen-bond donors (Lipinski definition) is 1. The molecule has 0 aliphatic heterocycles. The lowest BCUT2D eigenvalue weighted by molar-refractivity contribution is 0.133. The molecule has 3 heteroatoms. The van der Waals surface area contributed by atoms with E-state index in [-0.39, 0.29) is 6.10 Å². The first-order valence-electron chi connectivity index (χ1n) is 6.40. The molecule has 1 aliphatic rings. The Labute approximate surface area is 97.5 Å². The zero-order valence-electron chi connectivity index (χ0n) is 10.1. The maximum atomic E-state index is 9.96. The molecule has 1 heterocycles. The van der Waals surface area contributed by atoms with Crippen LogP contribution in [-0.2, 0) is 13.5 Å². The van der Waals surface area contributed by atoms with Crippen molar-refractivity contribution in [3.63, 3.8) is 0 Å². The van der Waals surface area contributed by atoms with Gasteiger partial charge < -0.3 is 9.67 Å². The van der Waals surface area contributed by atoms with Crippen molar-refractivity contribution in [3.8, 4) is 0 Å². The van der Waals surface area contributed by atoms with Crippen LogP contribution in [0.15, 0.2) is 12.4 Å². The van der Waals surface area contributed by atoms with Gasteiger partial charge >= 0.3 is 0 Å². The highest BCUT2D eigenvalue weighted by atomic mass is 16.3. The van der Waals surface area contributed by atoms with E-state index >= 15 is 0 Å². The van der Waals surface area contributed by atoms with Gasteiger partial charge in [-0.1, -0.05) is 25.7 Å². The van der Waals surface area contributed by atoms with Gasteiger partial charge in [0.25, 0.3) is 0 Å². The Kier molecular flexibility index (Phi) is 3.99. The predicted octanol–water partition coefficient (Wildman–Crippen LogP) is 2.29. The number of hydrogen-bond acceptors (Lipinski definition) is 2. The summed E-state index contributed by atoms with van der Waals surface area (Å²) in [6.45, 7) is 0. The molecule has 1 aromatic heterocycles. The fourth-order valence-electron chi connectivity index (χ4n) is 2.68. The molecule has 0 spiro atoms.